The Labute approximate surface area is 195 Å². The Balaban J connectivity index is 1.77. The maximum absolute atomic E-state index is 13.0. The number of nitrogens with two attached hydrogens (primary N) is 1. The number of nitrogens with zero attached hydrogens (tertiary/aromatic N) is 1. The molecule has 1 aromatic heterocycles. The normalized spacial score (nSPS) is 11.6. The van der Waals surface area contributed by atoms with Crippen LogP contribution in [0.5, 0.6) is 5.75 Å². The van der Waals surface area contributed by atoms with Gasteiger partial charge in [0.15, 0.2) is 0 Å². The summed E-state index contributed by atoms with van der Waals surface area (Å²) in [5.74, 6) is 0.182. The fourth-order valence-corrected chi connectivity index (χ4v) is 3.95. The lowest BCUT2D eigenvalue weighted by Gasteiger charge is -2.19. The minimum absolute atomic E-state index is 0.0197. The lowest BCUT2D eigenvalue weighted by atomic mass is 9.97. The van der Waals surface area contributed by atoms with E-state index in [-0.39, 0.29) is 11.9 Å². The molecular weight excluding hydrogens is 414 g/mol. The zero-order valence-electron chi connectivity index (χ0n) is 19.4. The average molecular weight is 446 g/mol. The van der Waals surface area contributed by atoms with Gasteiger partial charge in [-0.2, -0.15) is 0 Å². The van der Waals surface area contributed by atoms with Crippen LogP contribution in [0.15, 0.2) is 60.8 Å². The van der Waals surface area contributed by atoms with Crippen LogP contribution in [0.25, 0.3) is 11.1 Å². The van der Waals surface area contributed by atoms with Crippen molar-refractivity contribution in [3.05, 3.63) is 83.2 Å². The monoisotopic (exact) mass is 445 g/mol. The number of hydrogen-bond acceptors (Lipinski definition) is 4. The molecule has 6 nitrogen and oxygen atoms in total. The Morgan fingerprint density at radius 2 is 1.88 bits per heavy atom. The molecule has 1 atom stereocenters. The van der Waals surface area contributed by atoms with Crippen molar-refractivity contribution in [3.8, 4) is 16.9 Å². The Bertz CT molecular complexity index is 1110. The molecule has 0 bridgehead atoms. The zero-order valence-corrected chi connectivity index (χ0v) is 19.4. The first kappa shape index (κ1) is 24.0. The number of aryl methyl sites for hydroxylation is 1. The van der Waals surface area contributed by atoms with Crippen molar-refractivity contribution in [1.82, 2.24) is 10.3 Å². The minimum Gasteiger partial charge on any atom is -0.497 e. The lowest BCUT2D eigenvalue weighted by molar-refractivity contribution is 0.0933. The van der Waals surface area contributed by atoms with Gasteiger partial charge in [0, 0.05) is 29.1 Å². The van der Waals surface area contributed by atoms with Crippen LogP contribution in [-0.2, 0) is 6.42 Å². The van der Waals surface area contributed by atoms with Crippen LogP contribution < -0.4 is 15.8 Å². The third-order valence-corrected chi connectivity index (χ3v) is 5.70. The van der Waals surface area contributed by atoms with Gasteiger partial charge in [0.05, 0.1) is 12.7 Å². The highest BCUT2D eigenvalue weighted by atomic mass is 16.5. The smallest absolute Gasteiger partial charge is 0.251 e. The summed E-state index contributed by atoms with van der Waals surface area (Å²) >= 11 is 0. The van der Waals surface area contributed by atoms with Gasteiger partial charge in [-0.15, -0.1) is 0 Å². The summed E-state index contributed by atoms with van der Waals surface area (Å²) in [6, 6.07) is 16.8. The van der Waals surface area contributed by atoms with Crippen LogP contribution in [0.1, 0.15) is 58.2 Å². The number of pyridine rings is 1. The van der Waals surface area contributed by atoms with Gasteiger partial charge < -0.3 is 15.8 Å². The molecule has 0 fully saturated rings. The van der Waals surface area contributed by atoms with E-state index in [9.17, 15) is 9.59 Å². The second-order valence-electron chi connectivity index (χ2n) is 8.13. The Morgan fingerprint density at radius 3 is 2.55 bits per heavy atom. The molecule has 0 saturated heterocycles. The predicted molar refractivity (Wildman–Crippen MR) is 130 cm³/mol. The largest absolute Gasteiger partial charge is 0.497 e. The van der Waals surface area contributed by atoms with E-state index in [1.165, 1.54) is 0 Å². The summed E-state index contributed by atoms with van der Waals surface area (Å²) in [7, 11) is 1.65. The molecule has 172 valence electrons. The summed E-state index contributed by atoms with van der Waals surface area (Å²) in [5.41, 5.74) is 9.83. The van der Waals surface area contributed by atoms with Gasteiger partial charge in [-0.1, -0.05) is 44.0 Å². The molecule has 0 aliphatic rings. The predicted octanol–water partition coefficient (Wildman–Crippen LogP) is 4.70. The van der Waals surface area contributed by atoms with Crippen molar-refractivity contribution in [1.29, 1.82) is 0 Å². The summed E-state index contributed by atoms with van der Waals surface area (Å²) in [6.07, 6.45) is 5.29. The first-order valence-corrected chi connectivity index (χ1v) is 11.2. The van der Waals surface area contributed by atoms with E-state index >= 15 is 0 Å². The van der Waals surface area contributed by atoms with E-state index in [2.05, 4.69) is 23.3 Å². The molecule has 6 heteroatoms. The van der Waals surface area contributed by atoms with Gasteiger partial charge in [0.1, 0.15) is 5.75 Å². The van der Waals surface area contributed by atoms with Crippen molar-refractivity contribution in [2.45, 2.75) is 45.6 Å². The fourth-order valence-electron chi connectivity index (χ4n) is 3.95. The van der Waals surface area contributed by atoms with E-state index in [1.54, 1.807) is 31.5 Å². The molecule has 2 amide bonds. The van der Waals surface area contributed by atoms with Crippen LogP contribution >= 0.6 is 0 Å². The van der Waals surface area contributed by atoms with Gasteiger partial charge in [-0.05, 0) is 61.2 Å². The number of rotatable bonds is 10. The summed E-state index contributed by atoms with van der Waals surface area (Å²) in [6.45, 7) is 3.98. The van der Waals surface area contributed by atoms with Gasteiger partial charge in [-0.3, -0.25) is 14.6 Å². The Kier molecular flexibility index (Phi) is 8.19. The van der Waals surface area contributed by atoms with Gasteiger partial charge >= 0.3 is 0 Å². The lowest BCUT2D eigenvalue weighted by Crippen LogP contribution is -2.36. The zero-order chi connectivity index (χ0) is 23.8. The van der Waals surface area contributed by atoms with Gasteiger partial charge in [0.2, 0.25) is 5.91 Å². The van der Waals surface area contributed by atoms with Crippen molar-refractivity contribution in [3.63, 3.8) is 0 Å². The molecule has 0 aliphatic heterocycles. The number of ether oxygens (including phenoxy) is 1. The summed E-state index contributed by atoms with van der Waals surface area (Å²) in [4.78, 5) is 29.1. The maximum atomic E-state index is 13.0. The number of methoxy groups -OCH3 is 1. The molecule has 0 saturated carbocycles. The van der Waals surface area contributed by atoms with Crippen molar-refractivity contribution >= 4 is 11.8 Å². The van der Waals surface area contributed by atoms with Crippen LogP contribution in [0.3, 0.4) is 0 Å². The number of unbranched alkanes of at least 4 members (excludes halogenated alkanes) is 1. The van der Waals surface area contributed by atoms with E-state index < -0.39 is 5.91 Å². The molecule has 0 spiro atoms. The molecule has 3 rings (SSSR count). The number of nitrogens with one attached hydrogen (secondary N) is 1. The van der Waals surface area contributed by atoms with Crippen molar-refractivity contribution in [2.75, 3.05) is 7.11 Å². The summed E-state index contributed by atoms with van der Waals surface area (Å²) in [5, 5.41) is 3.19. The van der Waals surface area contributed by atoms with Gasteiger partial charge in [-0.25, -0.2) is 0 Å². The first-order chi connectivity index (χ1) is 15.9. The highest BCUT2D eigenvalue weighted by Crippen LogP contribution is 2.26. The fraction of sp³-hybridized carbons (Fsp3) is 0.296. The first-order valence-electron chi connectivity index (χ1n) is 11.2. The van der Waals surface area contributed by atoms with E-state index in [1.807, 2.05) is 37.3 Å². The van der Waals surface area contributed by atoms with Crippen LogP contribution in [0, 0.1) is 6.92 Å². The standard InChI is InChI=1S/C27H31N3O3/c1-4-5-8-22(16-19-7-6-9-23(17-19)33-3)30-27(32)21-12-10-20(11-13-21)25-18(2)29-15-14-24(25)26(28)31/h6-7,9-15,17,22H,4-5,8,16H2,1-3H3,(H2,28,31)(H,30,32)/t22-/m0/s1. The Morgan fingerprint density at radius 1 is 1.12 bits per heavy atom. The summed E-state index contributed by atoms with van der Waals surface area (Å²) < 4.78 is 5.33. The number of carbonyl (C=O) groups excluding carboxylic acids is 2. The minimum atomic E-state index is -0.506. The highest BCUT2D eigenvalue weighted by molar-refractivity contribution is 6.01. The number of benzene rings is 2. The Hall–Kier alpha value is -3.67. The average Bonchev–Trinajstić information content (AvgIpc) is 2.82. The van der Waals surface area contributed by atoms with Crippen LogP contribution in [-0.4, -0.2) is 29.9 Å². The number of primary amides is 1. The molecule has 1 heterocycles. The SMILES string of the molecule is CCCC[C@@H](Cc1cccc(OC)c1)NC(=O)c1ccc(-c2c(C(N)=O)ccnc2C)cc1. The molecule has 0 radical (unpaired) electrons. The second kappa shape index (κ2) is 11.3. The molecular formula is C27H31N3O3. The molecule has 0 unspecified atom stereocenters. The second-order valence-corrected chi connectivity index (χ2v) is 8.13. The van der Waals surface area contributed by atoms with Crippen molar-refractivity contribution < 1.29 is 14.3 Å². The van der Waals surface area contributed by atoms with E-state index in [4.69, 9.17) is 10.5 Å². The van der Waals surface area contributed by atoms with Crippen molar-refractivity contribution in [2.24, 2.45) is 5.73 Å². The molecule has 33 heavy (non-hydrogen) atoms. The number of carbonyl (C=O) groups is 2. The maximum Gasteiger partial charge on any atom is 0.251 e. The van der Waals surface area contributed by atoms with Crippen LogP contribution in [0.2, 0.25) is 0 Å². The quantitative estimate of drug-likeness (QED) is 0.473. The number of amides is 2. The molecule has 2 aromatic carbocycles. The van der Waals surface area contributed by atoms with E-state index in [0.717, 1.165) is 42.6 Å². The third-order valence-electron chi connectivity index (χ3n) is 5.70. The van der Waals surface area contributed by atoms with Crippen LogP contribution in [0.4, 0.5) is 0 Å². The van der Waals surface area contributed by atoms with E-state index in [0.29, 0.717) is 22.4 Å². The molecule has 3 aromatic rings. The molecule has 3 N–H and O–H groups in total. The van der Waals surface area contributed by atoms with Gasteiger partial charge in [0.25, 0.3) is 5.91 Å². The number of hydrogen-bond donors (Lipinski definition) is 2. The topological polar surface area (TPSA) is 94.3 Å². The number of aromatic nitrogens is 1. The highest BCUT2D eigenvalue weighted by Gasteiger charge is 2.17. The molecule has 0 aliphatic carbocycles. The third kappa shape index (κ3) is 6.19.